The van der Waals surface area contributed by atoms with Gasteiger partial charge in [0.2, 0.25) is 0 Å². The van der Waals surface area contributed by atoms with Gasteiger partial charge in [-0.25, -0.2) is 0 Å². The Morgan fingerprint density at radius 2 is 2.07 bits per heavy atom. The van der Waals surface area contributed by atoms with Crippen molar-refractivity contribution in [2.75, 3.05) is 0 Å². The molecule has 0 aromatic heterocycles. The molecule has 2 heteroatoms. The van der Waals surface area contributed by atoms with Gasteiger partial charge in [0.25, 0.3) is 0 Å². The molecule has 14 heavy (non-hydrogen) atoms. The third kappa shape index (κ3) is 2.52. The SMILES string of the molecule is OCc1cccc(SC2CCCC2)c1. The van der Waals surface area contributed by atoms with Crippen LogP contribution in [0.4, 0.5) is 0 Å². The van der Waals surface area contributed by atoms with E-state index < -0.39 is 0 Å². The number of aliphatic hydroxyl groups is 1. The summed E-state index contributed by atoms with van der Waals surface area (Å²) in [5.41, 5.74) is 1.02. The van der Waals surface area contributed by atoms with Gasteiger partial charge in [-0.05, 0) is 30.5 Å². The lowest BCUT2D eigenvalue weighted by atomic mass is 10.2. The summed E-state index contributed by atoms with van der Waals surface area (Å²) in [5, 5.41) is 9.82. The van der Waals surface area contributed by atoms with Gasteiger partial charge in [0, 0.05) is 10.1 Å². The van der Waals surface area contributed by atoms with Gasteiger partial charge < -0.3 is 5.11 Å². The van der Waals surface area contributed by atoms with Crippen LogP contribution in [-0.2, 0) is 6.61 Å². The number of thioether (sulfide) groups is 1. The highest BCUT2D eigenvalue weighted by Crippen LogP contribution is 2.34. The summed E-state index contributed by atoms with van der Waals surface area (Å²) in [7, 11) is 0. The molecule has 0 aliphatic heterocycles. The Bertz CT molecular complexity index is 292. The molecule has 1 N–H and O–H groups in total. The van der Waals surface area contributed by atoms with Crippen LogP contribution in [0.25, 0.3) is 0 Å². The number of hydrogen-bond acceptors (Lipinski definition) is 2. The molecule has 0 amide bonds. The van der Waals surface area contributed by atoms with E-state index in [1.165, 1.54) is 30.6 Å². The highest BCUT2D eigenvalue weighted by Gasteiger charge is 2.15. The molecule has 0 atom stereocenters. The van der Waals surface area contributed by atoms with E-state index >= 15 is 0 Å². The highest BCUT2D eigenvalue weighted by atomic mass is 32.2. The summed E-state index contributed by atoms with van der Waals surface area (Å²) < 4.78 is 0. The second-order valence-electron chi connectivity index (χ2n) is 3.83. The Kier molecular flexibility index (Phi) is 3.49. The summed E-state index contributed by atoms with van der Waals surface area (Å²) in [6.45, 7) is 0.152. The van der Waals surface area contributed by atoms with Crippen LogP contribution in [0.2, 0.25) is 0 Å². The maximum Gasteiger partial charge on any atom is 0.0682 e. The van der Waals surface area contributed by atoms with Gasteiger partial charge in [0.15, 0.2) is 0 Å². The van der Waals surface area contributed by atoms with Crippen molar-refractivity contribution in [1.82, 2.24) is 0 Å². The number of rotatable bonds is 3. The van der Waals surface area contributed by atoms with Crippen LogP contribution < -0.4 is 0 Å². The van der Waals surface area contributed by atoms with Crippen LogP contribution in [0, 0.1) is 0 Å². The van der Waals surface area contributed by atoms with Crippen LogP contribution in [0.3, 0.4) is 0 Å². The first-order chi connectivity index (χ1) is 6.88. The predicted molar refractivity (Wildman–Crippen MR) is 60.5 cm³/mol. The lowest BCUT2D eigenvalue weighted by molar-refractivity contribution is 0.281. The lowest BCUT2D eigenvalue weighted by Crippen LogP contribution is -1.93. The van der Waals surface area contributed by atoms with Crippen LogP contribution >= 0.6 is 11.8 Å². The molecule has 0 saturated heterocycles. The molecule has 0 bridgehead atoms. The van der Waals surface area contributed by atoms with Gasteiger partial charge in [-0.2, -0.15) is 0 Å². The Morgan fingerprint density at radius 3 is 2.79 bits per heavy atom. The summed E-state index contributed by atoms with van der Waals surface area (Å²) in [6.07, 6.45) is 5.48. The van der Waals surface area contributed by atoms with Crippen molar-refractivity contribution in [3.63, 3.8) is 0 Å². The van der Waals surface area contributed by atoms with Gasteiger partial charge in [-0.1, -0.05) is 25.0 Å². The van der Waals surface area contributed by atoms with Gasteiger partial charge >= 0.3 is 0 Å². The summed E-state index contributed by atoms with van der Waals surface area (Å²) in [6, 6.07) is 8.24. The Hall–Kier alpha value is -0.470. The second-order valence-corrected chi connectivity index (χ2v) is 5.20. The Balaban J connectivity index is 2.00. The van der Waals surface area contributed by atoms with Crippen molar-refractivity contribution >= 4 is 11.8 Å². The zero-order valence-corrected chi connectivity index (χ0v) is 9.09. The average Bonchev–Trinajstić information content (AvgIpc) is 2.71. The van der Waals surface area contributed by atoms with Crippen molar-refractivity contribution in [2.45, 2.75) is 42.4 Å². The van der Waals surface area contributed by atoms with Crippen molar-refractivity contribution in [1.29, 1.82) is 0 Å². The molecule has 0 spiro atoms. The zero-order valence-electron chi connectivity index (χ0n) is 8.28. The molecule has 1 aliphatic rings. The molecule has 1 nitrogen and oxygen atoms in total. The first-order valence-electron chi connectivity index (χ1n) is 5.25. The zero-order chi connectivity index (χ0) is 9.80. The van der Waals surface area contributed by atoms with E-state index in [0.29, 0.717) is 0 Å². The van der Waals surface area contributed by atoms with Gasteiger partial charge in [-0.15, -0.1) is 11.8 Å². The van der Waals surface area contributed by atoms with E-state index in [1.807, 2.05) is 23.9 Å². The van der Waals surface area contributed by atoms with Gasteiger partial charge in [0.1, 0.15) is 0 Å². The first-order valence-corrected chi connectivity index (χ1v) is 6.13. The van der Waals surface area contributed by atoms with E-state index in [4.69, 9.17) is 5.11 Å². The second kappa shape index (κ2) is 4.85. The summed E-state index contributed by atoms with van der Waals surface area (Å²) >= 11 is 1.97. The largest absolute Gasteiger partial charge is 0.392 e. The molecule has 0 unspecified atom stereocenters. The topological polar surface area (TPSA) is 20.2 Å². The maximum absolute atomic E-state index is 9.01. The van der Waals surface area contributed by atoms with Crippen LogP contribution in [0.15, 0.2) is 29.2 Å². The summed E-state index contributed by atoms with van der Waals surface area (Å²) in [5.74, 6) is 0. The van der Waals surface area contributed by atoms with E-state index in [9.17, 15) is 0 Å². The smallest absolute Gasteiger partial charge is 0.0682 e. The van der Waals surface area contributed by atoms with Crippen LogP contribution in [0.1, 0.15) is 31.2 Å². The number of aliphatic hydroxyl groups excluding tert-OH is 1. The molecule has 76 valence electrons. The highest BCUT2D eigenvalue weighted by molar-refractivity contribution is 8.00. The average molecular weight is 208 g/mol. The fourth-order valence-corrected chi connectivity index (χ4v) is 3.25. The van der Waals surface area contributed by atoms with E-state index in [0.717, 1.165) is 10.8 Å². The van der Waals surface area contributed by atoms with E-state index in [-0.39, 0.29) is 6.61 Å². The fraction of sp³-hybridized carbons (Fsp3) is 0.500. The Morgan fingerprint density at radius 1 is 1.29 bits per heavy atom. The van der Waals surface area contributed by atoms with Crippen molar-refractivity contribution in [3.05, 3.63) is 29.8 Å². The minimum Gasteiger partial charge on any atom is -0.392 e. The Labute approximate surface area is 89.5 Å². The first kappa shape index (κ1) is 10.1. The van der Waals surface area contributed by atoms with Crippen molar-refractivity contribution in [3.8, 4) is 0 Å². The minimum atomic E-state index is 0.152. The monoisotopic (exact) mass is 208 g/mol. The quantitative estimate of drug-likeness (QED) is 0.823. The molecule has 0 heterocycles. The molecular weight excluding hydrogens is 192 g/mol. The van der Waals surface area contributed by atoms with Crippen molar-refractivity contribution < 1.29 is 5.11 Å². The third-order valence-corrected chi connectivity index (χ3v) is 4.02. The van der Waals surface area contributed by atoms with Crippen molar-refractivity contribution in [2.24, 2.45) is 0 Å². The number of hydrogen-bond donors (Lipinski definition) is 1. The van der Waals surface area contributed by atoms with E-state index in [2.05, 4.69) is 12.1 Å². The molecule has 2 rings (SSSR count). The molecule has 1 aliphatic carbocycles. The minimum absolute atomic E-state index is 0.152. The van der Waals surface area contributed by atoms with Crippen LogP contribution in [-0.4, -0.2) is 10.4 Å². The van der Waals surface area contributed by atoms with Gasteiger partial charge in [0.05, 0.1) is 6.61 Å². The molecule has 1 fully saturated rings. The molecular formula is C12H16OS. The molecule has 0 radical (unpaired) electrons. The number of benzene rings is 1. The van der Waals surface area contributed by atoms with Crippen LogP contribution in [0.5, 0.6) is 0 Å². The molecule has 1 aromatic rings. The predicted octanol–water partition coefficient (Wildman–Crippen LogP) is 3.21. The summed E-state index contributed by atoms with van der Waals surface area (Å²) in [4.78, 5) is 1.31. The lowest BCUT2D eigenvalue weighted by Gasteiger charge is -2.09. The normalized spacial score (nSPS) is 17.5. The molecule has 1 saturated carbocycles. The standard InChI is InChI=1S/C12H16OS/c13-9-10-4-3-7-12(8-10)14-11-5-1-2-6-11/h3-4,7-8,11,13H,1-2,5-6,9H2. The fourth-order valence-electron chi connectivity index (χ4n) is 1.92. The third-order valence-electron chi connectivity index (χ3n) is 2.69. The molecule has 1 aromatic carbocycles. The maximum atomic E-state index is 9.01. The van der Waals surface area contributed by atoms with E-state index in [1.54, 1.807) is 0 Å². The van der Waals surface area contributed by atoms with Gasteiger partial charge in [-0.3, -0.25) is 0 Å².